The maximum absolute atomic E-state index is 6.58. The topological polar surface area (TPSA) is 56.7 Å². The Morgan fingerprint density at radius 2 is 0.909 bits per heavy atom. The lowest BCUT2D eigenvalue weighted by Gasteiger charge is -2.21. The van der Waals surface area contributed by atoms with Crippen LogP contribution in [-0.4, -0.2) is 58.8 Å². The number of aromatic nitrogens is 4. The molecular formula is C45H23B5N4O. The van der Waals surface area contributed by atoms with Crippen LogP contribution in [-0.2, 0) is 0 Å². The minimum atomic E-state index is 0.172. The van der Waals surface area contributed by atoms with Gasteiger partial charge in [0.2, 0.25) is 0 Å². The molecule has 0 atom stereocenters. The predicted octanol–water partition coefficient (Wildman–Crippen LogP) is 5.51. The van der Waals surface area contributed by atoms with E-state index in [1.807, 2.05) is 78.9 Å². The molecule has 0 saturated heterocycles. The van der Waals surface area contributed by atoms with Gasteiger partial charge in [0, 0.05) is 32.8 Å². The van der Waals surface area contributed by atoms with Crippen molar-refractivity contribution in [3.8, 4) is 51.0 Å². The molecule has 0 amide bonds. The SMILES string of the molecule is [B]c1c([B])c([B])c(-c2ccc(-c3nc(-c4ccccc4)nc(-c4ccc5c(c4)oc4cccc(-n6c7ccccc7c7ccccc76)c45)n3)cc2)c([B])c1[B]. The van der Waals surface area contributed by atoms with Gasteiger partial charge in [0.05, 0.1) is 22.1 Å². The number of fused-ring (bicyclic) bond motifs is 6. The third-order valence-electron chi connectivity index (χ3n) is 10.4. The Balaban J connectivity index is 1.11. The van der Waals surface area contributed by atoms with Crippen LogP contribution in [0.15, 0.2) is 144 Å². The first kappa shape index (κ1) is 33.1. The van der Waals surface area contributed by atoms with Crippen molar-refractivity contribution in [3.63, 3.8) is 0 Å². The van der Waals surface area contributed by atoms with Crippen LogP contribution in [0, 0.1) is 0 Å². The van der Waals surface area contributed by atoms with Crippen molar-refractivity contribution in [1.82, 2.24) is 19.5 Å². The van der Waals surface area contributed by atoms with Gasteiger partial charge in [0.15, 0.2) is 17.5 Å². The molecule has 0 aliphatic heterocycles. The predicted molar refractivity (Wildman–Crippen MR) is 230 cm³/mol. The quantitative estimate of drug-likeness (QED) is 0.224. The van der Waals surface area contributed by atoms with Crippen LogP contribution in [0.25, 0.3) is 94.7 Å². The van der Waals surface area contributed by atoms with Gasteiger partial charge < -0.3 is 8.98 Å². The summed E-state index contributed by atoms with van der Waals surface area (Å²) in [5.74, 6) is 1.53. The average molecular weight is 690 g/mol. The third kappa shape index (κ3) is 5.27. The minimum absolute atomic E-state index is 0.172. The zero-order valence-electron chi connectivity index (χ0n) is 29.4. The lowest BCUT2D eigenvalue weighted by Crippen LogP contribution is -2.55. The second-order valence-electron chi connectivity index (χ2n) is 13.5. The van der Waals surface area contributed by atoms with E-state index < -0.39 is 0 Å². The van der Waals surface area contributed by atoms with Crippen molar-refractivity contribution in [2.24, 2.45) is 0 Å². The maximum atomic E-state index is 6.58. The average Bonchev–Trinajstić information content (AvgIpc) is 3.78. The van der Waals surface area contributed by atoms with Crippen LogP contribution in [0.1, 0.15) is 0 Å². The fraction of sp³-hybridized carbons (Fsp3) is 0. The van der Waals surface area contributed by atoms with Gasteiger partial charge in [0.1, 0.15) is 50.4 Å². The zero-order chi connectivity index (χ0) is 37.4. The Labute approximate surface area is 323 Å². The monoisotopic (exact) mass is 690 g/mol. The lowest BCUT2D eigenvalue weighted by atomic mass is 9.59. The molecule has 3 aromatic heterocycles. The maximum Gasteiger partial charge on any atom is 0.164 e. The second-order valence-corrected chi connectivity index (χ2v) is 13.5. The first-order valence-electron chi connectivity index (χ1n) is 17.7. The smallest absolute Gasteiger partial charge is 0.164 e. The normalized spacial score (nSPS) is 11.6. The van der Waals surface area contributed by atoms with Gasteiger partial charge in [-0.25, -0.2) is 15.0 Å². The van der Waals surface area contributed by atoms with Gasteiger partial charge in [-0.3, -0.25) is 0 Å². The Morgan fingerprint density at radius 3 is 1.55 bits per heavy atom. The number of rotatable bonds is 5. The Kier molecular flexibility index (Phi) is 7.70. The van der Waals surface area contributed by atoms with Gasteiger partial charge in [-0.05, 0) is 47.5 Å². The fourth-order valence-corrected chi connectivity index (χ4v) is 7.61. The first-order chi connectivity index (χ1) is 26.9. The van der Waals surface area contributed by atoms with E-state index in [0.29, 0.717) is 23.0 Å². The molecule has 0 saturated carbocycles. The molecule has 0 unspecified atom stereocenters. The highest BCUT2D eigenvalue weighted by molar-refractivity contribution is 6.68. The summed E-state index contributed by atoms with van der Waals surface area (Å²) in [7, 11) is 31.1. The van der Waals surface area contributed by atoms with Gasteiger partial charge in [-0.1, -0.05) is 114 Å². The third-order valence-corrected chi connectivity index (χ3v) is 10.4. The van der Waals surface area contributed by atoms with E-state index in [2.05, 4.69) is 65.2 Å². The Bertz CT molecular complexity index is 3070. The number of para-hydroxylation sites is 2. The molecular weight excluding hydrogens is 667 g/mol. The number of hydrogen-bond acceptors (Lipinski definition) is 4. The van der Waals surface area contributed by atoms with Crippen molar-refractivity contribution < 1.29 is 4.42 Å². The fourth-order valence-electron chi connectivity index (χ4n) is 7.61. The second kappa shape index (κ2) is 12.8. The Morgan fingerprint density at radius 1 is 0.400 bits per heavy atom. The molecule has 10 heteroatoms. The van der Waals surface area contributed by atoms with Crippen LogP contribution in [0.5, 0.6) is 0 Å². The molecule has 10 radical (unpaired) electrons. The van der Waals surface area contributed by atoms with Gasteiger partial charge in [0.25, 0.3) is 0 Å². The molecule has 0 aliphatic carbocycles. The molecule has 0 bridgehead atoms. The highest BCUT2D eigenvalue weighted by Gasteiger charge is 2.20. The number of hydrogen-bond donors (Lipinski definition) is 0. The molecule has 244 valence electrons. The summed E-state index contributed by atoms with van der Waals surface area (Å²) in [6.45, 7) is 0. The highest BCUT2D eigenvalue weighted by atomic mass is 16.3. The molecule has 5 nitrogen and oxygen atoms in total. The van der Waals surface area contributed by atoms with Crippen molar-refractivity contribution in [3.05, 3.63) is 140 Å². The summed E-state index contributed by atoms with van der Waals surface area (Å²) in [5.41, 5.74) is 9.61. The number of furan rings is 1. The van der Waals surface area contributed by atoms with E-state index in [1.165, 1.54) is 10.8 Å². The first-order valence-corrected chi connectivity index (χ1v) is 17.7. The van der Waals surface area contributed by atoms with Crippen molar-refractivity contribution in [2.75, 3.05) is 0 Å². The van der Waals surface area contributed by atoms with E-state index in [0.717, 1.165) is 60.9 Å². The minimum Gasteiger partial charge on any atom is -0.456 e. The summed E-state index contributed by atoms with van der Waals surface area (Å²) in [4.78, 5) is 14.9. The number of benzene rings is 7. The van der Waals surface area contributed by atoms with E-state index in [1.54, 1.807) is 0 Å². The van der Waals surface area contributed by atoms with Crippen LogP contribution in [0.3, 0.4) is 0 Å². The molecule has 0 spiro atoms. The van der Waals surface area contributed by atoms with Crippen LogP contribution >= 0.6 is 0 Å². The molecule has 3 heterocycles. The summed E-state index contributed by atoms with van der Waals surface area (Å²) in [5, 5.41) is 4.43. The largest absolute Gasteiger partial charge is 0.456 e. The van der Waals surface area contributed by atoms with Crippen molar-refractivity contribution in [2.45, 2.75) is 0 Å². The zero-order valence-corrected chi connectivity index (χ0v) is 29.4. The molecule has 0 aliphatic rings. The molecule has 0 N–H and O–H groups in total. The molecule has 7 aromatic carbocycles. The summed E-state index contributed by atoms with van der Waals surface area (Å²) in [6, 6.07) is 46.8. The van der Waals surface area contributed by atoms with E-state index in [-0.39, 0.29) is 27.3 Å². The van der Waals surface area contributed by atoms with E-state index in [9.17, 15) is 0 Å². The molecule has 0 fully saturated rings. The number of nitrogens with zero attached hydrogens (tertiary/aromatic N) is 4. The van der Waals surface area contributed by atoms with Crippen molar-refractivity contribution in [1.29, 1.82) is 0 Å². The summed E-state index contributed by atoms with van der Waals surface area (Å²) in [6.07, 6.45) is 0. The van der Waals surface area contributed by atoms with E-state index in [4.69, 9.17) is 58.6 Å². The Hall–Kier alpha value is -6.53. The molecule has 10 aromatic rings. The standard InChI is InChI=1S/C45H23B5N4O/c46-38-36(39(47)41(49)42(50)40(38)48)24-17-19-26(20-18-24)44-51-43(25-9-2-1-3-10-25)52-45(53-44)27-21-22-30-35(23-27)55-34-16-8-15-33(37(30)34)54-31-13-6-4-11-28(31)29-12-5-7-14-32(29)54/h1-23H. The lowest BCUT2D eigenvalue weighted by molar-refractivity contribution is 0.669. The molecule has 10 rings (SSSR count). The van der Waals surface area contributed by atoms with Gasteiger partial charge in [-0.2, -0.15) is 0 Å². The summed E-state index contributed by atoms with van der Waals surface area (Å²) < 4.78 is 8.90. The van der Waals surface area contributed by atoms with Crippen LogP contribution in [0.4, 0.5) is 0 Å². The van der Waals surface area contributed by atoms with Crippen LogP contribution in [0.2, 0.25) is 0 Å². The van der Waals surface area contributed by atoms with Crippen LogP contribution < -0.4 is 27.3 Å². The van der Waals surface area contributed by atoms with Gasteiger partial charge >= 0.3 is 0 Å². The van der Waals surface area contributed by atoms with E-state index >= 15 is 0 Å². The van der Waals surface area contributed by atoms with Gasteiger partial charge in [-0.15, -0.1) is 16.4 Å². The van der Waals surface area contributed by atoms with Crippen molar-refractivity contribution >= 4 is 110 Å². The highest BCUT2D eigenvalue weighted by Crippen LogP contribution is 2.39. The molecule has 55 heavy (non-hydrogen) atoms. The summed E-state index contributed by atoms with van der Waals surface area (Å²) >= 11 is 0.